The molecule has 1 unspecified atom stereocenters. The molecule has 0 spiro atoms. The maximum atomic E-state index is 13.4. The lowest BCUT2D eigenvalue weighted by molar-refractivity contribution is -0.121. The number of hydrogen-bond acceptors (Lipinski definition) is 7. The van der Waals surface area contributed by atoms with Crippen LogP contribution in [-0.4, -0.2) is 68.0 Å². The van der Waals surface area contributed by atoms with Gasteiger partial charge in [0.05, 0.1) is 15.3 Å². The minimum Gasteiger partial charge on any atom is -0.372 e. The van der Waals surface area contributed by atoms with Crippen LogP contribution in [0.15, 0.2) is 39.1 Å². The van der Waals surface area contributed by atoms with Crippen LogP contribution < -0.4 is 15.5 Å². The Morgan fingerprint density at radius 2 is 2.12 bits per heavy atom. The van der Waals surface area contributed by atoms with E-state index >= 15 is 0 Å². The number of rotatable bonds is 5. The summed E-state index contributed by atoms with van der Waals surface area (Å²) in [6.45, 7) is 4.49. The van der Waals surface area contributed by atoms with Crippen molar-refractivity contribution in [1.29, 1.82) is 5.26 Å². The van der Waals surface area contributed by atoms with Gasteiger partial charge in [-0.05, 0) is 72.2 Å². The fourth-order valence-electron chi connectivity index (χ4n) is 4.28. The predicted octanol–water partition coefficient (Wildman–Crippen LogP) is 2.98. The highest BCUT2D eigenvalue weighted by Crippen LogP contribution is 2.29. The molecule has 2 aliphatic heterocycles. The van der Waals surface area contributed by atoms with E-state index in [0.717, 1.165) is 15.0 Å². The lowest BCUT2D eigenvalue weighted by Crippen LogP contribution is -2.58. The number of morpholine rings is 1. The number of carbonyl (C=O) groups is 2. The molecule has 3 heterocycles. The smallest absolute Gasteiger partial charge is 0.262 e. The average Bonchev–Trinajstić information content (AvgIpc) is 3.41. The lowest BCUT2D eigenvalue weighted by Gasteiger charge is -2.31. The van der Waals surface area contributed by atoms with E-state index in [1.807, 2.05) is 54.2 Å². The molecule has 1 atom stereocenters. The van der Waals surface area contributed by atoms with Crippen molar-refractivity contribution < 1.29 is 14.3 Å². The summed E-state index contributed by atoms with van der Waals surface area (Å²) in [6.07, 6.45) is 2.35. The lowest BCUT2D eigenvalue weighted by atomic mass is 9.96. The first-order chi connectivity index (χ1) is 16.3. The summed E-state index contributed by atoms with van der Waals surface area (Å²) in [4.78, 5) is 34.7. The zero-order valence-corrected chi connectivity index (χ0v) is 21.3. The Hall–Kier alpha value is -2.78. The van der Waals surface area contributed by atoms with E-state index in [-0.39, 0.29) is 18.4 Å². The van der Waals surface area contributed by atoms with Crippen molar-refractivity contribution >= 4 is 56.3 Å². The van der Waals surface area contributed by atoms with Crippen LogP contribution >= 0.6 is 27.3 Å². The molecule has 2 N–H and O–H groups in total. The van der Waals surface area contributed by atoms with Crippen LogP contribution in [0.4, 0.5) is 11.4 Å². The van der Waals surface area contributed by atoms with Crippen molar-refractivity contribution in [3.8, 4) is 6.19 Å². The highest BCUT2D eigenvalue weighted by Gasteiger charge is 2.45. The van der Waals surface area contributed by atoms with Gasteiger partial charge in [-0.3, -0.25) is 9.59 Å². The van der Waals surface area contributed by atoms with Gasteiger partial charge >= 0.3 is 0 Å². The minimum atomic E-state index is -1.02. The molecular formula is C23H25BrN6O3S. The van der Waals surface area contributed by atoms with Gasteiger partial charge in [0.2, 0.25) is 6.19 Å². The number of likely N-dealkylation sites (N-methyl/N-ethyl adjacent to an activating group) is 1. The highest BCUT2D eigenvalue weighted by molar-refractivity contribution is 9.11. The van der Waals surface area contributed by atoms with Crippen molar-refractivity contribution in [3.63, 3.8) is 0 Å². The summed E-state index contributed by atoms with van der Waals surface area (Å²) < 4.78 is 6.28. The van der Waals surface area contributed by atoms with Crippen molar-refractivity contribution in [3.05, 3.63) is 44.6 Å². The molecule has 1 aromatic carbocycles. The Bertz CT molecular complexity index is 1180. The third-order valence-electron chi connectivity index (χ3n) is 5.97. The Morgan fingerprint density at radius 1 is 1.29 bits per heavy atom. The number of likely N-dealkylation sites (tertiary alicyclic amines) is 1. The molecule has 34 heavy (non-hydrogen) atoms. The van der Waals surface area contributed by atoms with Gasteiger partial charge in [-0.25, -0.2) is 0 Å². The highest BCUT2D eigenvalue weighted by atomic mass is 79.9. The summed E-state index contributed by atoms with van der Waals surface area (Å²) in [5, 5.41) is 15.0. The van der Waals surface area contributed by atoms with Crippen molar-refractivity contribution in [2.75, 3.05) is 50.1 Å². The van der Waals surface area contributed by atoms with E-state index in [2.05, 4.69) is 31.6 Å². The van der Waals surface area contributed by atoms with E-state index in [1.165, 1.54) is 11.3 Å². The van der Waals surface area contributed by atoms with Crippen LogP contribution in [-0.2, 0) is 9.53 Å². The number of ether oxygens (including phenoxy) is 1. The molecule has 0 saturated carbocycles. The summed E-state index contributed by atoms with van der Waals surface area (Å²) >= 11 is 4.71. The topological polar surface area (TPSA) is 110 Å². The van der Waals surface area contributed by atoms with Gasteiger partial charge in [-0.15, -0.1) is 11.3 Å². The van der Waals surface area contributed by atoms with Crippen LogP contribution in [0, 0.1) is 18.4 Å². The first kappa shape index (κ1) is 24.3. The maximum Gasteiger partial charge on any atom is 0.262 e. The number of nitrogens with one attached hydrogen (secondary N) is 2. The van der Waals surface area contributed by atoms with Crippen molar-refractivity contribution in [1.82, 2.24) is 10.2 Å². The summed E-state index contributed by atoms with van der Waals surface area (Å²) in [7, 11) is 1.94. The normalized spacial score (nSPS) is 21.9. The molecule has 9 nitrogen and oxygen atoms in total. The van der Waals surface area contributed by atoms with E-state index in [1.54, 1.807) is 6.07 Å². The van der Waals surface area contributed by atoms with E-state index in [0.29, 0.717) is 49.1 Å². The standard InChI is InChI=1S/C23H25BrN6O3S/c1-15-11-16(3-4-17(15)30-9-10-33-12-20(30)26-14-25)27-22(32)23(7-8-29(2)13-23)28-21(31)18-5-6-19(24)34-18/h3-6,11H,7-10,12-13H2,1-2H3,(H,27,32)(H,28,31)/b26-20-. The molecule has 178 valence electrons. The van der Waals surface area contributed by atoms with Gasteiger partial charge in [0, 0.05) is 31.0 Å². The molecule has 4 rings (SSSR count). The van der Waals surface area contributed by atoms with Gasteiger partial charge in [-0.1, -0.05) is 0 Å². The monoisotopic (exact) mass is 544 g/mol. The first-order valence-corrected chi connectivity index (χ1v) is 12.4. The Labute approximate surface area is 210 Å². The number of amides is 2. The molecular weight excluding hydrogens is 520 g/mol. The number of carbonyl (C=O) groups excluding carboxylic acids is 2. The first-order valence-electron chi connectivity index (χ1n) is 10.8. The number of hydrogen-bond donors (Lipinski definition) is 2. The number of thiophene rings is 1. The molecule has 2 aromatic rings. The second-order valence-electron chi connectivity index (χ2n) is 8.42. The maximum absolute atomic E-state index is 13.4. The number of aliphatic imine (C=N–C) groups is 1. The SMILES string of the molecule is Cc1cc(NC(=O)C2(NC(=O)c3ccc(Br)s3)CCN(C)C2)ccc1N1CCOC/C1=N/C#N. The molecule has 0 aliphatic carbocycles. The average molecular weight is 545 g/mol. The quantitative estimate of drug-likeness (QED) is 0.560. The third kappa shape index (κ3) is 5.15. The number of benzene rings is 1. The summed E-state index contributed by atoms with van der Waals surface area (Å²) in [6, 6.07) is 9.17. The van der Waals surface area contributed by atoms with Crippen LogP contribution in [0.25, 0.3) is 0 Å². The number of halogens is 1. The molecule has 2 aliphatic rings. The largest absolute Gasteiger partial charge is 0.372 e. The zero-order chi connectivity index (χ0) is 24.3. The fraction of sp³-hybridized carbons (Fsp3) is 0.391. The van der Waals surface area contributed by atoms with Crippen LogP contribution in [0.1, 0.15) is 21.7 Å². The number of nitriles is 1. The molecule has 11 heteroatoms. The summed E-state index contributed by atoms with van der Waals surface area (Å²) in [5.41, 5.74) is 1.45. The number of aryl methyl sites for hydroxylation is 1. The number of anilines is 2. The van der Waals surface area contributed by atoms with Crippen molar-refractivity contribution in [2.24, 2.45) is 4.99 Å². The third-order valence-corrected chi connectivity index (χ3v) is 7.59. The Balaban J connectivity index is 1.53. The number of nitrogens with zero attached hydrogens (tertiary/aromatic N) is 4. The zero-order valence-electron chi connectivity index (χ0n) is 18.9. The molecule has 2 amide bonds. The van der Waals surface area contributed by atoms with Crippen LogP contribution in [0.2, 0.25) is 0 Å². The molecule has 0 radical (unpaired) electrons. The molecule has 2 saturated heterocycles. The second kappa shape index (κ2) is 10.2. The van der Waals surface area contributed by atoms with Gasteiger partial charge in [0.1, 0.15) is 18.0 Å². The van der Waals surface area contributed by atoms with Crippen LogP contribution in [0.5, 0.6) is 0 Å². The Kier molecular flexibility index (Phi) is 7.33. The van der Waals surface area contributed by atoms with Gasteiger partial charge in [-0.2, -0.15) is 10.3 Å². The minimum absolute atomic E-state index is 0.244. The molecule has 0 bridgehead atoms. The second-order valence-corrected chi connectivity index (χ2v) is 10.9. The Morgan fingerprint density at radius 3 is 2.76 bits per heavy atom. The van der Waals surface area contributed by atoms with Gasteiger partial charge in [0.25, 0.3) is 11.8 Å². The predicted molar refractivity (Wildman–Crippen MR) is 135 cm³/mol. The fourth-order valence-corrected chi connectivity index (χ4v) is 5.56. The van der Waals surface area contributed by atoms with Gasteiger partial charge in [0.15, 0.2) is 0 Å². The van der Waals surface area contributed by atoms with E-state index in [4.69, 9.17) is 10.00 Å². The van der Waals surface area contributed by atoms with E-state index in [9.17, 15) is 9.59 Å². The number of amidine groups is 1. The van der Waals surface area contributed by atoms with E-state index < -0.39 is 5.54 Å². The van der Waals surface area contributed by atoms with Gasteiger partial charge < -0.3 is 25.2 Å². The summed E-state index contributed by atoms with van der Waals surface area (Å²) in [5.74, 6) is 0.0555. The van der Waals surface area contributed by atoms with Crippen molar-refractivity contribution in [2.45, 2.75) is 18.9 Å². The van der Waals surface area contributed by atoms with Crippen LogP contribution in [0.3, 0.4) is 0 Å². The molecule has 1 aromatic heterocycles. The molecule has 2 fully saturated rings.